The predicted molar refractivity (Wildman–Crippen MR) is 128 cm³/mol. The molecular formula is C21H46N2P2Si. The minimum absolute atomic E-state index is 0.278. The maximum Gasteiger partial charge on any atom is 0.0826 e. The zero-order valence-electron chi connectivity index (χ0n) is 20.1. The molecule has 0 saturated carbocycles. The Balaban J connectivity index is 3.90. The van der Waals surface area contributed by atoms with Crippen molar-refractivity contribution in [3.8, 4) is 0 Å². The first kappa shape index (κ1) is 24.6. The molecule has 0 unspecified atom stereocenters. The number of nitrogens with zero attached hydrogens (tertiary/aromatic N) is 2. The molecule has 0 aliphatic carbocycles. The van der Waals surface area contributed by atoms with E-state index in [1.165, 1.54) is 0 Å². The van der Waals surface area contributed by atoms with Crippen LogP contribution >= 0.6 is 14.7 Å². The smallest absolute Gasteiger partial charge is 0.0826 e. The normalized spacial score (nSPS) is 19.2. The first-order chi connectivity index (χ1) is 11.5. The Morgan fingerprint density at radius 3 is 1.23 bits per heavy atom. The summed E-state index contributed by atoms with van der Waals surface area (Å²) in [5, 5.41) is 1.75. The second-order valence-electron chi connectivity index (χ2n) is 11.0. The molecule has 0 bridgehead atoms. The number of rotatable bonds is 7. The minimum atomic E-state index is -1.52. The van der Waals surface area contributed by atoms with Gasteiger partial charge in [0.1, 0.15) is 0 Å². The number of hydrogen-bond donors (Lipinski definition) is 0. The van der Waals surface area contributed by atoms with E-state index in [1.807, 2.05) is 4.94 Å². The van der Waals surface area contributed by atoms with Crippen molar-refractivity contribution < 1.29 is 0 Å². The van der Waals surface area contributed by atoms with Gasteiger partial charge in [0.25, 0.3) is 0 Å². The molecule has 0 fully saturated rings. The van der Waals surface area contributed by atoms with E-state index in [0.29, 0.717) is 24.2 Å². The average Bonchev–Trinajstić information content (AvgIpc) is 2.29. The zero-order chi connectivity index (χ0) is 20.8. The zero-order valence-corrected chi connectivity index (χ0v) is 22.9. The Labute approximate surface area is 167 Å². The van der Waals surface area contributed by atoms with Gasteiger partial charge in [-0.1, -0.05) is 40.4 Å². The average molecular weight is 417 g/mol. The Morgan fingerprint density at radius 2 is 1.04 bits per heavy atom. The lowest BCUT2D eigenvalue weighted by molar-refractivity contribution is 0.257. The lowest BCUT2D eigenvalue weighted by Gasteiger charge is -2.60. The van der Waals surface area contributed by atoms with Crippen LogP contribution in [0.3, 0.4) is 0 Å². The molecule has 0 aromatic rings. The second-order valence-corrected chi connectivity index (χ2v) is 21.8. The molecular weight excluding hydrogens is 370 g/mol. The highest BCUT2D eigenvalue weighted by atomic mass is 31.8. The maximum absolute atomic E-state index is 2.93. The van der Waals surface area contributed by atoms with Gasteiger partial charge in [-0.05, 0) is 78.9 Å². The van der Waals surface area contributed by atoms with Crippen molar-refractivity contribution in [2.24, 2.45) is 5.41 Å². The van der Waals surface area contributed by atoms with Crippen LogP contribution in [0.2, 0.25) is 19.6 Å². The molecule has 0 amide bonds. The fourth-order valence-corrected chi connectivity index (χ4v) is 25.1. The lowest BCUT2D eigenvalue weighted by atomic mass is 9.97. The molecule has 5 heteroatoms. The van der Waals surface area contributed by atoms with Crippen molar-refractivity contribution in [3.05, 3.63) is 10.3 Å². The third-order valence-electron chi connectivity index (χ3n) is 4.94. The van der Waals surface area contributed by atoms with Crippen LogP contribution in [0.25, 0.3) is 0 Å². The molecule has 1 aliphatic rings. The molecule has 1 aliphatic heterocycles. The lowest BCUT2D eigenvalue weighted by Crippen LogP contribution is -2.49. The Hall–Kier alpha value is 0.607. The van der Waals surface area contributed by atoms with Gasteiger partial charge in [0.2, 0.25) is 0 Å². The van der Waals surface area contributed by atoms with E-state index in [2.05, 4.69) is 105 Å². The number of hydrogen-bond acceptors (Lipinski definition) is 2. The van der Waals surface area contributed by atoms with E-state index in [9.17, 15) is 0 Å². The van der Waals surface area contributed by atoms with Crippen LogP contribution < -0.4 is 0 Å². The van der Waals surface area contributed by atoms with E-state index in [1.54, 1.807) is 13.2 Å². The highest BCUT2D eigenvalue weighted by molar-refractivity contribution is 8.11. The molecule has 0 atom stereocenters. The van der Waals surface area contributed by atoms with Crippen LogP contribution in [0.4, 0.5) is 0 Å². The fourth-order valence-electron chi connectivity index (χ4n) is 4.58. The first-order valence-corrected chi connectivity index (χ1v) is 17.2. The van der Waals surface area contributed by atoms with Gasteiger partial charge < -0.3 is 0 Å². The molecule has 1 heterocycles. The highest BCUT2D eigenvalue weighted by Crippen LogP contribution is 2.83. The second kappa shape index (κ2) is 8.15. The van der Waals surface area contributed by atoms with Gasteiger partial charge in [-0.15, -0.1) is 0 Å². The van der Waals surface area contributed by atoms with Crippen LogP contribution in [0.15, 0.2) is 10.3 Å². The molecule has 0 aromatic carbocycles. The standard InChI is InChI=1S/C21H46N2P2Si/c1-15(2)22(16(3)4)25(23(17(5)6)18(7)8)20(26(12,13)14)19(24-25)21(9,10)11/h15-18H,1-14H3. The van der Waals surface area contributed by atoms with Crippen LogP contribution in [0, 0.1) is 5.41 Å². The van der Waals surface area contributed by atoms with Crippen LogP contribution in [-0.4, -0.2) is 41.6 Å². The summed E-state index contributed by atoms with van der Waals surface area (Å²) < 4.78 is 5.86. The molecule has 154 valence electrons. The molecule has 26 heavy (non-hydrogen) atoms. The third kappa shape index (κ3) is 4.43. The summed E-state index contributed by atoms with van der Waals surface area (Å²) in [6.45, 7) is 32.8. The van der Waals surface area contributed by atoms with Crippen molar-refractivity contribution in [2.75, 3.05) is 0 Å². The van der Waals surface area contributed by atoms with Crippen molar-refractivity contribution >= 4 is 22.8 Å². The van der Waals surface area contributed by atoms with Gasteiger partial charge >= 0.3 is 0 Å². The third-order valence-corrected chi connectivity index (χ3v) is 19.1. The van der Waals surface area contributed by atoms with Crippen molar-refractivity contribution in [3.63, 3.8) is 0 Å². The summed E-state index contributed by atoms with van der Waals surface area (Å²) in [4.78, 5) is 1.91. The summed E-state index contributed by atoms with van der Waals surface area (Å²) in [5.74, 6) is 0. The molecule has 2 nitrogen and oxygen atoms in total. The summed E-state index contributed by atoms with van der Waals surface area (Å²) in [7, 11) is 0.176. The molecule has 0 saturated heterocycles. The first-order valence-electron chi connectivity index (χ1n) is 10.4. The van der Waals surface area contributed by atoms with E-state index >= 15 is 0 Å². The largest absolute Gasteiger partial charge is 0.260 e. The van der Waals surface area contributed by atoms with Gasteiger partial charge in [0, 0.05) is 24.2 Å². The SMILES string of the molecule is CC(C)N(C(C)C)P1(N(C(C)C)C(C)C)=PC(C(C)(C)C)=C1[Si](C)(C)C. The summed E-state index contributed by atoms with van der Waals surface area (Å²) in [6.07, 6.45) is 0. The topological polar surface area (TPSA) is 6.48 Å². The van der Waals surface area contributed by atoms with Gasteiger partial charge in [-0.2, -0.15) is 0 Å². The minimum Gasteiger partial charge on any atom is -0.260 e. The quantitative estimate of drug-likeness (QED) is 0.306. The summed E-state index contributed by atoms with van der Waals surface area (Å²) in [6, 6.07) is 2.29. The molecule has 0 radical (unpaired) electrons. The molecule has 0 N–H and O–H groups in total. The number of allylic oxidation sites excluding steroid dienone is 1. The van der Waals surface area contributed by atoms with Crippen molar-refractivity contribution in [1.29, 1.82) is 0 Å². The van der Waals surface area contributed by atoms with E-state index in [0.717, 1.165) is 0 Å². The molecule has 1 rings (SSSR count). The van der Waals surface area contributed by atoms with Crippen molar-refractivity contribution in [1.82, 2.24) is 9.34 Å². The van der Waals surface area contributed by atoms with Crippen molar-refractivity contribution in [2.45, 2.75) is 120 Å². The Bertz CT molecular complexity index is 550. The van der Waals surface area contributed by atoms with Crippen LogP contribution in [-0.2, 0) is 0 Å². The van der Waals surface area contributed by atoms with Gasteiger partial charge in [-0.3, -0.25) is 9.34 Å². The summed E-state index contributed by atoms with van der Waals surface area (Å²) in [5.41, 5.74) is 0.278. The summed E-state index contributed by atoms with van der Waals surface area (Å²) >= 11 is 0. The van der Waals surface area contributed by atoms with E-state index < -0.39 is 14.9 Å². The van der Waals surface area contributed by atoms with E-state index in [4.69, 9.17) is 0 Å². The Kier molecular flexibility index (Phi) is 7.73. The van der Waals surface area contributed by atoms with Gasteiger partial charge in [0.05, 0.1) is 14.9 Å². The van der Waals surface area contributed by atoms with Crippen LogP contribution in [0.1, 0.15) is 76.2 Å². The fraction of sp³-hybridized carbons (Fsp3) is 0.905. The van der Waals surface area contributed by atoms with Crippen LogP contribution in [0.5, 0.6) is 0 Å². The van der Waals surface area contributed by atoms with Gasteiger partial charge in [-0.25, -0.2) is 0 Å². The Morgan fingerprint density at radius 1 is 0.731 bits per heavy atom. The molecule has 0 spiro atoms. The highest BCUT2D eigenvalue weighted by Gasteiger charge is 2.52. The molecule has 0 aromatic heterocycles. The van der Waals surface area contributed by atoms with Gasteiger partial charge in [0.15, 0.2) is 0 Å². The monoisotopic (exact) mass is 416 g/mol. The maximum atomic E-state index is 2.93. The predicted octanol–water partition coefficient (Wildman–Crippen LogP) is 8.08. The van der Waals surface area contributed by atoms with E-state index in [-0.39, 0.29) is 5.41 Å².